The molecular formula is C27H41BrN2O5S. The van der Waals surface area contributed by atoms with Gasteiger partial charge in [0, 0.05) is 23.2 Å². The van der Waals surface area contributed by atoms with E-state index in [2.05, 4.69) is 36.0 Å². The predicted octanol–water partition coefficient (Wildman–Crippen LogP) is 3.79. The third-order valence-corrected chi connectivity index (χ3v) is 10.8. The van der Waals surface area contributed by atoms with Crippen LogP contribution in [0.15, 0.2) is 25.3 Å². The highest BCUT2D eigenvalue weighted by atomic mass is 79.9. The quantitative estimate of drug-likeness (QED) is 0.145. The van der Waals surface area contributed by atoms with E-state index in [0.29, 0.717) is 25.9 Å². The van der Waals surface area contributed by atoms with Crippen LogP contribution in [0.1, 0.15) is 52.9 Å². The molecule has 3 fully saturated rings. The number of hydrogen-bond acceptors (Lipinski definition) is 6. The minimum atomic E-state index is -0.751. The number of halogens is 1. The van der Waals surface area contributed by atoms with Gasteiger partial charge in [0.1, 0.15) is 12.6 Å². The SMILES string of the molecule is C=CCOC(=O)[C@H]1[C@H]2C(=O)N([C@@H](CO)CC(C)C)C(C(=O)N(CC=C)CCCCC)C23CC(Br)[C@@H]1S3. The van der Waals surface area contributed by atoms with Crippen LogP contribution in [0, 0.1) is 17.8 Å². The van der Waals surface area contributed by atoms with Crippen molar-refractivity contribution >= 4 is 45.5 Å². The van der Waals surface area contributed by atoms with Crippen molar-refractivity contribution < 1.29 is 24.2 Å². The molecule has 0 radical (unpaired) electrons. The van der Waals surface area contributed by atoms with Gasteiger partial charge >= 0.3 is 5.97 Å². The highest BCUT2D eigenvalue weighted by molar-refractivity contribution is 9.09. The fourth-order valence-corrected chi connectivity index (χ4v) is 9.82. The van der Waals surface area contributed by atoms with E-state index in [9.17, 15) is 19.5 Å². The van der Waals surface area contributed by atoms with Gasteiger partial charge in [-0.05, 0) is 25.2 Å². The second kappa shape index (κ2) is 12.5. The lowest BCUT2D eigenvalue weighted by Gasteiger charge is -2.40. The molecule has 0 aromatic heterocycles. The Morgan fingerprint density at radius 1 is 1.33 bits per heavy atom. The first-order valence-electron chi connectivity index (χ1n) is 13.1. The van der Waals surface area contributed by atoms with Crippen LogP contribution in [0.4, 0.5) is 0 Å². The predicted molar refractivity (Wildman–Crippen MR) is 147 cm³/mol. The summed E-state index contributed by atoms with van der Waals surface area (Å²) in [7, 11) is 0. The van der Waals surface area contributed by atoms with Gasteiger partial charge in [0.2, 0.25) is 11.8 Å². The molecule has 1 N–H and O–H groups in total. The molecule has 3 rings (SSSR count). The second-order valence-electron chi connectivity index (χ2n) is 10.6. The molecule has 2 amide bonds. The number of carbonyl (C=O) groups is 3. The number of fused-ring (bicyclic) bond motifs is 1. The first-order chi connectivity index (χ1) is 17.2. The Hall–Kier alpha value is -1.32. The highest BCUT2D eigenvalue weighted by Gasteiger charge is 2.76. The van der Waals surface area contributed by atoms with Crippen LogP contribution in [0.25, 0.3) is 0 Å². The van der Waals surface area contributed by atoms with Crippen molar-refractivity contribution in [2.45, 2.75) is 79.8 Å². The minimum absolute atomic E-state index is 0.0197. The van der Waals surface area contributed by atoms with Crippen molar-refractivity contribution in [3.05, 3.63) is 25.3 Å². The lowest BCUT2D eigenvalue weighted by molar-refractivity contribution is -0.153. The molecule has 36 heavy (non-hydrogen) atoms. The number of rotatable bonds is 14. The van der Waals surface area contributed by atoms with E-state index in [1.54, 1.807) is 27.6 Å². The number of alkyl halides is 1. The molecule has 3 unspecified atom stereocenters. The largest absolute Gasteiger partial charge is 0.461 e. The van der Waals surface area contributed by atoms with Crippen LogP contribution in [0.5, 0.6) is 0 Å². The number of nitrogens with zero attached hydrogens (tertiary/aromatic N) is 2. The number of amides is 2. The number of aliphatic hydroxyl groups excluding tert-OH is 1. The molecule has 9 heteroatoms. The van der Waals surface area contributed by atoms with E-state index in [1.165, 1.54) is 6.08 Å². The maximum absolute atomic E-state index is 14.3. The topological polar surface area (TPSA) is 87.1 Å². The molecule has 0 aromatic rings. The van der Waals surface area contributed by atoms with E-state index in [-0.39, 0.29) is 41.0 Å². The van der Waals surface area contributed by atoms with Crippen LogP contribution in [-0.4, -0.2) is 85.9 Å². The standard InChI is InChI=1S/C27H41BrN2O5S/c1-6-9-10-12-29(11-7-2)25(33)23-27-15-19(28)22(36-27)20(26(34)35-13-8-3)21(27)24(32)30(23)18(16-31)14-17(4)5/h7-8,17-23,31H,2-3,6,9-16H2,1,4-5H3/t18-,19?,20+,21+,22+,23?,27?/m1/s1. The van der Waals surface area contributed by atoms with Gasteiger partial charge in [-0.25, -0.2) is 0 Å². The van der Waals surface area contributed by atoms with E-state index >= 15 is 0 Å². The van der Waals surface area contributed by atoms with Gasteiger partial charge in [-0.2, -0.15) is 0 Å². The fraction of sp³-hybridized carbons (Fsp3) is 0.741. The van der Waals surface area contributed by atoms with Crippen LogP contribution in [0.2, 0.25) is 0 Å². The smallest absolute Gasteiger partial charge is 0.311 e. The Kier molecular flexibility index (Phi) is 10.1. The molecule has 7 nitrogen and oxygen atoms in total. The Balaban J connectivity index is 2.07. The molecular weight excluding hydrogens is 544 g/mol. The summed E-state index contributed by atoms with van der Waals surface area (Å²) in [6.07, 6.45) is 7.33. The van der Waals surface area contributed by atoms with Crippen molar-refractivity contribution in [3.63, 3.8) is 0 Å². The number of hydrogen-bond donors (Lipinski definition) is 1. The van der Waals surface area contributed by atoms with Gasteiger partial charge in [-0.1, -0.05) is 68.3 Å². The third-order valence-electron chi connectivity index (χ3n) is 7.62. The number of carbonyl (C=O) groups excluding carboxylic acids is 3. The van der Waals surface area contributed by atoms with Gasteiger partial charge < -0.3 is 19.6 Å². The van der Waals surface area contributed by atoms with Gasteiger partial charge in [0.25, 0.3) is 0 Å². The van der Waals surface area contributed by atoms with E-state index in [1.807, 2.05) is 13.8 Å². The average molecular weight is 586 g/mol. The zero-order chi connectivity index (χ0) is 26.6. The Labute approximate surface area is 228 Å². The van der Waals surface area contributed by atoms with Gasteiger partial charge in [-0.15, -0.1) is 18.3 Å². The maximum Gasteiger partial charge on any atom is 0.311 e. The van der Waals surface area contributed by atoms with Crippen LogP contribution in [-0.2, 0) is 19.1 Å². The van der Waals surface area contributed by atoms with Crippen molar-refractivity contribution in [2.75, 3.05) is 26.3 Å². The summed E-state index contributed by atoms with van der Waals surface area (Å²) in [5.41, 5.74) is 0. The van der Waals surface area contributed by atoms with Crippen molar-refractivity contribution in [1.82, 2.24) is 9.80 Å². The monoisotopic (exact) mass is 584 g/mol. The first-order valence-corrected chi connectivity index (χ1v) is 14.9. The summed E-state index contributed by atoms with van der Waals surface area (Å²) in [5.74, 6) is -1.83. The fourth-order valence-electron chi connectivity index (χ4n) is 6.24. The number of likely N-dealkylation sites (tertiary alicyclic amines) is 1. The van der Waals surface area contributed by atoms with E-state index in [0.717, 1.165) is 19.3 Å². The van der Waals surface area contributed by atoms with Crippen LogP contribution in [0.3, 0.4) is 0 Å². The average Bonchev–Trinajstić information content (AvgIpc) is 3.43. The normalized spacial score (nSPS) is 31.4. The van der Waals surface area contributed by atoms with Gasteiger partial charge in [0.15, 0.2) is 0 Å². The lowest BCUT2D eigenvalue weighted by Crippen LogP contribution is -2.58. The Morgan fingerprint density at radius 3 is 2.64 bits per heavy atom. The highest BCUT2D eigenvalue weighted by Crippen LogP contribution is 2.68. The maximum atomic E-state index is 14.3. The Morgan fingerprint density at radius 2 is 2.06 bits per heavy atom. The van der Waals surface area contributed by atoms with Crippen LogP contribution >= 0.6 is 27.7 Å². The molecule has 1 spiro atoms. The molecule has 0 aromatic carbocycles. The summed E-state index contributed by atoms with van der Waals surface area (Å²) in [4.78, 5) is 45.1. The van der Waals surface area contributed by atoms with Crippen molar-refractivity contribution in [3.8, 4) is 0 Å². The summed E-state index contributed by atoms with van der Waals surface area (Å²) in [6.45, 7) is 14.5. The lowest BCUT2D eigenvalue weighted by atomic mass is 9.71. The summed E-state index contributed by atoms with van der Waals surface area (Å²) in [5, 5.41) is 10.2. The number of thioether (sulfide) groups is 1. The van der Waals surface area contributed by atoms with Crippen molar-refractivity contribution in [1.29, 1.82) is 0 Å². The molecule has 3 aliphatic rings. The van der Waals surface area contributed by atoms with Crippen molar-refractivity contribution in [2.24, 2.45) is 17.8 Å². The summed E-state index contributed by atoms with van der Waals surface area (Å²) in [6, 6.07) is -1.24. The summed E-state index contributed by atoms with van der Waals surface area (Å²) >= 11 is 5.36. The van der Waals surface area contributed by atoms with E-state index in [4.69, 9.17) is 4.74 Å². The number of unbranched alkanes of at least 4 members (excludes halogenated alkanes) is 2. The number of ether oxygens (including phenoxy) is 1. The summed E-state index contributed by atoms with van der Waals surface area (Å²) < 4.78 is 4.69. The Bertz CT molecular complexity index is 854. The number of esters is 1. The molecule has 0 saturated carbocycles. The third kappa shape index (κ3) is 5.30. The first kappa shape index (κ1) is 29.2. The number of aliphatic hydroxyl groups is 1. The van der Waals surface area contributed by atoms with E-state index < -0.39 is 34.6 Å². The molecule has 0 aliphatic carbocycles. The zero-order valence-corrected chi connectivity index (χ0v) is 24.1. The van der Waals surface area contributed by atoms with Gasteiger partial charge in [0.05, 0.1) is 29.2 Å². The molecule has 2 bridgehead atoms. The molecule has 7 atom stereocenters. The van der Waals surface area contributed by atoms with Crippen LogP contribution < -0.4 is 0 Å². The zero-order valence-electron chi connectivity index (χ0n) is 21.7. The molecule has 202 valence electrons. The molecule has 3 aliphatic heterocycles. The molecule has 3 saturated heterocycles. The second-order valence-corrected chi connectivity index (χ2v) is 13.3. The molecule has 3 heterocycles. The minimum Gasteiger partial charge on any atom is -0.461 e. The van der Waals surface area contributed by atoms with Gasteiger partial charge in [-0.3, -0.25) is 14.4 Å².